The maximum absolute atomic E-state index is 12.9. The Bertz CT molecular complexity index is 1420. The number of benzene rings is 2. The molecular formula is C21H15ClF3N5O3S. The fraction of sp³-hybridized carbons (Fsp3) is 0.143. The molecule has 2 heterocycles. The summed E-state index contributed by atoms with van der Waals surface area (Å²) in [7, 11) is 1.54. The molecule has 0 radical (unpaired) electrons. The van der Waals surface area contributed by atoms with Crippen LogP contribution in [0.2, 0.25) is 5.02 Å². The van der Waals surface area contributed by atoms with Gasteiger partial charge in [-0.2, -0.15) is 18.3 Å². The molecule has 13 heteroatoms. The first kappa shape index (κ1) is 23.6. The van der Waals surface area contributed by atoms with Crippen LogP contribution in [0, 0.1) is 0 Å². The number of methoxy groups -OCH3 is 1. The highest BCUT2D eigenvalue weighted by Crippen LogP contribution is 2.34. The van der Waals surface area contributed by atoms with Gasteiger partial charge in [0.1, 0.15) is 11.1 Å². The molecule has 0 bridgehead atoms. The van der Waals surface area contributed by atoms with Crippen molar-refractivity contribution in [2.75, 3.05) is 18.2 Å². The summed E-state index contributed by atoms with van der Waals surface area (Å²) in [5.41, 5.74) is -0.646. The van der Waals surface area contributed by atoms with Crippen molar-refractivity contribution in [3.63, 3.8) is 0 Å². The number of aromatic amines is 1. The number of thioether (sulfide) groups is 1. The van der Waals surface area contributed by atoms with Gasteiger partial charge in [0, 0.05) is 0 Å². The van der Waals surface area contributed by atoms with E-state index in [4.69, 9.17) is 16.3 Å². The molecule has 0 aliphatic rings. The molecule has 0 saturated heterocycles. The molecule has 0 spiro atoms. The molecule has 0 atom stereocenters. The Morgan fingerprint density at radius 3 is 2.65 bits per heavy atom. The minimum absolute atomic E-state index is 0.0392. The Morgan fingerprint density at radius 1 is 1.24 bits per heavy atom. The van der Waals surface area contributed by atoms with Crippen molar-refractivity contribution in [1.29, 1.82) is 0 Å². The predicted molar refractivity (Wildman–Crippen MR) is 122 cm³/mol. The van der Waals surface area contributed by atoms with E-state index in [2.05, 4.69) is 20.4 Å². The normalized spacial score (nSPS) is 11.6. The zero-order valence-corrected chi connectivity index (χ0v) is 18.9. The van der Waals surface area contributed by atoms with Gasteiger partial charge in [-0.25, -0.2) is 9.67 Å². The number of fused-ring (bicyclic) bond motifs is 1. The number of nitrogens with zero attached hydrogens (tertiary/aromatic N) is 3. The van der Waals surface area contributed by atoms with Crippen LogP contribution in [0.3, 0.4) is 0 Å². The third kappa shape index (κ3) is 5.02. The lowest BCUT2D eigenvalue weighted by molar-refractivity contribution is -0.137. The number of carbonyl (C=O) groups excluding carboxylic acids is 1. The lowest BCUT2D eigenvalue weighted by Crippen LogP contribution is -2.16. The summed E-state index contributed by atoms with van der Waals surface area (Å²) in [6.45, 7) is 0. The largest absolute Gasteiger partial charge is 0.497 e. The Hall–Kier alpha value is -3.51. The number of hydrogen-bond acceptors (Lipinski definition) is 6. The Balaban J connectivity index is 1.53. The van der Waals surface area contributed by atoms with Gasteiger partial charge in [-0.3, -0.25) is 9.59 Å². The molecule has 0 saturated carbocycles. The van der Waals surface area contributed by atoms with Gasteiger partial charge in [0.05, 0.1) is 41.0 Å². The fourth-order valence-electron chi connectivity index (χ4n) is 3.00. The predicted octanol–water partition coefficient (Wildman–Crippen LogP) is 4.52. The van der Waals surface area contributed by atoms with E-state index in [1.165, 1.54) is 10.9 Å². The number of amides is 1. The zero-order valence-electron chi connectivity index (χ0n) is 17.3. The highest BCUT2D eigenvalue weighted by molar-refractivity contribution is 7.99. The fourth-order valence-corrected chi connectivity index (χ4v) is 3.82. The summed E-state index contributed by atoms with van der Waals surface area (Å²) >= 11 is 6.81. The van der Waals surface area contributed by atoms with Gasteiger partial charge in [-0.05, 0) is 42.5 Å². The van der Waals surface area contributed by atoms with E-state index in [1.807, 2.05) is 0 Å². The highest BCUT2D eigenvalue weighted by Gasteiger charge is 2.31. The zero-order chi connectivity index (χ0) is 24.5. The standard InChI is InChI=1S/C21H15ClF3N5O3S/c1-33-13-5-3-12(4-6-13)30-18-14(9-26-30)19(32)29-20(28-18)34-10-17(31)27-16-8-11(21(23,24)25)2-7-15(16)22/h2-9H,10H2,1H3,(H,27,31)(H,28,29,32). The van der Waals surface area contributed by atoms with Crippen molar-refractivity contribution in [3.05, 3.63) is 69.6 Å². The number of H-pyrrole nitrogens is 1. The van der Waals surface area contributed by atoms with Crippen molar-refractivity contribution in [2.45, 2.75) is 11.3 Å². The summed E-state index contributed by atoms with van der Waals surface area (Å²) in [4.78, 5) is 31.7. The smallest absolute Gasteiger partial charge is 0.416 e. The molecule has 0 unspecified atom stereocenters. The van der Waals surface area contributed by atoms with Crippen molar-refractivity contribution in [2.24, 2.45) is 0 Å². The molecule has 2 aromatic carbocycles. The Labute approximate surface area is 199 Å². The van der Waals surface area contributed by atoms with Crippen LogP contribution in [0.5, 0.6) is 5.75 Å². The van der Waals surface area contributed by atoms with Crippen LogP contribution in [0.1, 0.15) is 5.56 Å². The van der Waals surface area contributed by atoms with Crippen LogP contribution in [0.4, 0.5) is 18.9 Å². The van der Waals surface area contributed by atoms with E-state index in [0.29, 0.717) is 11.4 Å². The van der Waals surface area contributed by atoms with Crippen LogP contribution < -0.4 is 15.6 Å². The number of hydrogen-bond donors (Lipinski definition) is 2. The average Bonchev–Trinajstić information content (AvgIpc) is 3.23. The van der Waals surface area contributed by atoms with E-state index >= 15 is 0 Å². The first-order valence-corrected chi connectivity index (χ1v) is 10.9. The Morgan fingerprint density at radius 2 is 1.97 bits per heavy atom. The lowest BCUT2D eigenvalue weighted by atomic mass is 10.2. The molecule has 0 aliphatic heterocycles. The van der Waals surface area contributed by atoms with Gasteiger partial charge in [-0.1, -0.05) is 23.4 Å². The third-order valence-corrected chi connectivity index (χ3v) is 5.84. The van der Waals surface area contributed by atoms with Gasteiger partial charge in [0.25, 0.3) is 5.56 Å². The van der Waals surface area contributed by atoms with Crippen molar-refractivity contribution in [1.82, 2.24) is 19.7 Å². The quantitative estimate of drug-likeness (QED) is 0.293. The maximum atomic E-state index is 12.9. The third-order valence-electron chi connectivity index (χ3n) is 4.64. The molecular weight excluding hydrogens is 495 g/mol. The first-order chi connectivity index (χ1) is 16.2. The van der Waals surface area contributed by atoms with Crippen LogP contribution in [0.25, 0.3) is 16.7 Å². The van der Waals surface area contributed by atoms with Crippen molar-refractivity contribution >= 4 is 46.0 Å². The molecule has 176 valence electrons. The number of alkyl halides is 3. The van der Waals surface area contributed by atoms with Crippen molar-refractivity contribution in [3.8, 4) is 11.4 Å². The average molecular weight is 510 g/mol. The monoisotopic (exact) mass is 509 g/mol. The minimum atomic E-state index is -4.58. The maximum Gasteiger partial charge on any atom is 0.416 e. The van der Waals surface area contributed by atoms with E-state index in [1.54, 1.807) is 31.4 Å². The lowest BCUT2D eigenvalue weighted by Gasteiger charge is -2.11. The second kappa shape index (κ2) is 9.39. The van der Waals surface area contributed by atoms with Crippen LogP contribution in [-0.2, 0) is 11.0 Å². The summed E-state index contributed by atoms with van der Waals surface area (Å²) in [5.74, 6) is -0.218. The van der Waals surface area contributed by atoms with E-state index in [-0.39, 0.29) is 32.7 Å². The van der Waals surface area contributed by atoms with Gasteiger partial charge >= 0.3 is 6.18 Å². The number of rotatable bonds is 6. The van der Waals surface area contributed by atoms with Gasteiger partial charge in [-0.15, -0.1) is 0 Å². The van der Waals surface area contributed by atoms with Crippen LogP contribution in [0.15, 0.2) is 58.6 Å². The van der Waals surface area contributed by atoms with E-state index in [9.17, 15) is 22.8 Å². The van der Waals surface area contributed by atoms with Crippen LogP contribution >= 0.6 is 23.4 Å². The second-order valence-electron chi connectivity index (χ2n) is 6.89. The molecule has 8 nitrogen and oxygen atoms in total. The minimum Gasteiger partial charge on any atom is -0.497 e. The highest BCUT2D eigenvalue weighted by atomic mass is 35.5. The number of nitrogens with one attached hydrogen (secondary N) is 2. The molecule has 2 aromatic heterocycles. The molecule has 2 N–H and O–H groups in total. The van der Waals surface area contributed by atoms with Gasteiger partial charge in [0.15, 0.2) is 10.8 Å². The molecule has 0 aliphatic carbocycles. The number of halogens is 4. The molecule has 1 amide bonds. The summed E-state index contributed by atoms with van der Waals surface area (Å²) in [5, 5.41) is 6.91. The summed E-state index contributed by atoms with van der Waals surface area (Å²) < 4.78 is 45.4. The number of anilines is 1. The topological polar surface area (TPSA) is 102 Å². The number of ether oxygens (including phenoxy) is 1. The van der Waals surface area contributed by atoms with Crippen LogP contribution in [-0.4, -0.2) is 38.5 Å². The van der Waals surface area contributed by atoms with E-state index < -0.39 is 23.2 Å². The summed E-state index contributed by atoms with van der Waals surface area (Å²) in [6.07, 6.45) is -3.20. The van der Waals surface area contributed by atoms with Gasteiger partial charge < -0.3 is 15.0 Å². The molecule has 0 fully saturated rings. The van der Waals surface area contributed by atoms with Gasteiger partial charge in [0.2, 0.25) is 5.91 Å². The molecule has 34 heavy (non-hydrogen) atoms. The SMILES string of the molecule is COc1ccc(-n2ncc3c(=O)[nH]c(SCC(=O)Nc4cc(C(F)(F)F)ccc4Cl)nc32)cc1. The van der Waals surface area contributed by atoms with Crippen molar-refractivity contribution < 1.29 is 22.7 Å². The molecule has 4 aromatic rings. The number of carbonyl (C=O) groups is 1. The first-order valence-electron chi connectivity index (χ1n) is 9.57. The number of aromatic nitrogens is 4. The summed E-state index contributed by atoms with van der Waals surface area (Å²) in [6, 6.07) is 9.58. The second-order valence-corrected chi connectivity index (χ2v) is 8.26. The molecule has 4 rings (SSSR count). The Kier molecular flexibility index (Phi) is 6.53. The van der Waals surface area contributed by atoms with E-state index in [0.717, 1.165) is 30.0 Å².